The van der Waals surface area contributed by atoms with Crippen LogP contribution in [0.2, 0.25) is 0 Å². The van der Waals surface area contributed by atoms with E-state index in [2.05, 4.69) is 9.72 Å². The molecule has 104 valence electrons. The molecule has 2 rings (SSSR count). The van der Waals surface area contributed by atoms with Gasteiger partial charge in [0.2, 0.25) is 0 Å². The molecule has 1 heterocycles. The first-order chi connectivity index (χ1) is 9.60. The van der Waals surface area contributed by atoms with Crippen molar-refractivity contribution in [1.29, 1.82) is 0 Å². The van der Waals surface area contributed by atoms with E-state index >= 15 is 0 Å². The normalized spacial score (nSPS) is 11.9. The topological polar surface area (TPSA) is 65.2 Å². The molecule has 2 N–H and O–H groups in total. The van der Waals surface area contributed by atoms with Gasteiger partial charge in [0.05, 0.1) is 7.11 Å². The molecule has 1 atom stereocenters. The highest BCUT2D eigenvalue weighted by molar-refractivity contribution is 5.75. The van der Waals surface area contributed by atoms with Crippen LogP contribution in [0.1, 0.15) is 11.3 Å². The molecular weight excluding hydrogens is 252 g/mol. The molecule has 2 aromatic rings. The second-order valence-electron chi connectivity index (χ2n) is 4.72. The van der Waals surface area contributed by atoms with Crippen molar-refractivity contribution < 1.29 is 9.53 Å². The molecule has 0 saturated heterocycles. The van der Waals surface area contributed by atoms with Crippen LogP contribution in [0.3, 0.4) is 0 Å². The van der Waals surface area contributed by atoms with Gasteiger partial charge in [-0.3, -0.25) is 9.78 Å². The number of pyridine rings is 1. The van der Waals surface area contributed by atoms with Crippen molar-refractivity contribution in [3.05, 3.63) is 53.9 Å². The minimum absolute atomic E-state index is 0.392. The summed E-state index contributed by atoms with van der Waals surface area (Å²) in [5.74, 6) is -0.392. The lowest BCUT2D eigenvalue weighted by Gasteiger charge is -2.09. The average molecular weight is 270 g/mol. The Morgan fingerprint density at radius 2 is 1.85 bits per heavy atom. The first kappa shape index (κ1) is 14.2. The predicted molar refractivity (Wildman–Crippen MR) is 78.1 cm³/mol. The summed E-state index contributed by atoms with van der Waals surface area (Å²) in [5.41, 5.74) is 9.90. The van der Waals surface area contributed by atoms with Gasteiger partial charge in [0.1, 0.15) is 6.04 Å². The minimum Gasteiger partial charge on any atom is -0.468 e. The van der Waals surface area contributed by atoms with Gasteiger partial charge in [-0.15, -0.1) is 0 Å². The summed E-state index contributed by atoms with van der Waals surface area (Å²) in [6.45, 7) is 1.96. The summed E-state index contributed by atoms with van der Waals surface area (Å²) < 4.78 is 4.62. The van der Waals surface area contributed by atoms with Crippen LogP contribution >= 0.6 is 0 Å². The Bertz CT molecular complexity index is 576. The lowest BCUT2D eigenvalue weighted by Crippen LogP contribution is -2.33. The van der Waals surface area contributed by atoms with E-state index in [0.717, 1.165) is 22.4 Å². The summed E-state index contributed by atoms with van der Waals surface area (Å²) >= 11 is 0. The van der Waals surface area contributed by atoms with E-state index in [1.807, 2.05) is 49.5 Å². The van der Waals surface area contributed by atoms with Crippen LogP contribution in [-0.2, 0) is 16.0 Å². The lowest BCUT2D eigenvalue weighted by molar-refractivity contribution is -0.142. The van der Waals surface area contributed by atoms with Gasteiger partial charge in [-0.1, -0.05) is 30.3 Å². The number of rotatable bonds is 4. The van der Waals surface area contributed by atoms with Crippen LogP contribution in [0.15, 0.2) is 42.6 Å². The molecule has 0 aliphatic rings. The Morgan fingerprint density at radius 1 is 1.20 bits per heavy atom. The first-order valence-corrected chi connectivity index (χ1v) is 6.45. The summed E-state index contributed by atoms with van der Waals surface area (Å²) in [5, 5.41) is 0. The molecule has 4 nitrogen and oxygen atoms in total. The van der Waals surface area contributed by atoms with Crippen LogP contribution in [0, 0.1) is 6.92 Å². The molecular formula is C16H18N2O2. The van der Waals surface area contributed by atoms with E-state index in [0.29, 0.717) is 6.42 Å². The lowest BCUT2D eigenvalue weighted by atomic mass is 10.0. The summed E-state index contributed by atoms with van der Waals surface area (Å²) in [7, 11) is 1.34. The molecule has 20 heavy (non-hydrogen) atoms. The molecule has 0 fully saturated rings. The number of ether oxygens (including phenoxy) is 1. The van der Waals surface area contributed by atoms with Crippen LogP contribution in [-0.4, -0.2) is 24.1 Å². The van der Waals surface area contributed by atoms with Gasteiger partial charge in [0.25, 0.3) is 0 Å². The van der Waals surface area contributed by atoms with E-state index in [1.54, 1.807) is 0 Å². The SMILES string of the molecule is COC(=O)C(N)Cc1ccc(-c2ccc(C)nc2)cc1. The van der Waals surface area contributed by atoms with Crippen LogP contribution in [0.4, 0.5) is 0 Å². The minimum atomic E-state index is -0.619. The zero-order valence-electron chi connectivity index (χ0n) is 11.7. The van der Waals surface area contributed by atoms with Crippen molar-refractivity contribution in [2.75, 3.05) is 7.11 Å². The standard InChI is InChI=1S/C16H18N2O2/c1-11-3-6-14(10-18-11)13-7-4-12(5-8-13)9-15(17)16(19)20-2/h3-8,10,15H,9,17H2,1-2H3. The van der Waals surface area contributed by atoms with Gasteiger partial charge in [-0.2, -0.15) is 0 Å². The fourth-order valence-electron chi connectivity index (χ4n) is 1.96. The summed E-state index contributed by atoms with van der Waals surface area (Å²) in [4.78, 5) is 15.6. The van der Waals surface area contributed by atoms with Crippen molar-refractivity contribution in [2.24, 2.45) is 5.73 Å². The third-order valence-electron chi connectivity index (χ3n) is 3.16. The Kier molecular flexibility index (Phi) is 4.48. The molecule has 0 bridgehead atoms. The second kappa shape index (κ2) is 6.30. The zero-order valence-corrected chi connectivity index (χ0v) is 11.7. The fraction of sp³-hybridized carbons (Fsp3) is 0.250. The largest absolute Gasteiger partial charge is 0.468 e. The zero-order chi connectivity index (χ0) is 14.5. The number of hydrogen-bond acceptors (Lipinski definition) is 4. The van der Waals surface area contributed by atoms with Gasteiger partial charge in [0.15, 0.2) is 0 Å². The number of benzene rings is 1. The third-order valence-corrected chi connectivity index (χ3v) is 3.16. The second-order valence-corrected chi connectivity index (χ2v) is 4.72. The van der Waals surface area contributed by atoms with Crippen molar-refractivity contribution in [2.45, 2.75) is 19.4 Å². The first-order valence-electron chi connectivity index (χ1n) is 6.45. The molecule has 1 aromatic heterocycles. The molecule has 0 radical (unpaired) electrons. The molecule has 0 saturated carbocycles. The Labute approximate surface area is 118 Å². The molecule has 0 aliphatic heterocycles. The highest BCUT2D eigenvalue weighted by atomic mass is 16.5. The fourth-order valence-corrected chi connectivity index (χ4v) is 1.96. The number of nitrogens with two attached hydrogens (primary N) is 1. The average Bonchev–Trinajstić information content (AvgIpc) is 2.48. The third kappa shape index (κ3) is 3.42. The van der Waals surface area contributed by atoms with E-state index in [1.165, 1.54) is 7.11 Å². The van der Waals surface area contributed by atoms with Crippen molar-refractivity contribution in [3.8, 4) is 11.1 Å². The van der Waals surface area contributed by atoms with Crippen molar-refractivity contribution in [3.63, 3.8) is 0 Å². The van der Waals surface area contributed by atoms with Gasteiger partial charge < -0.3 is 10.5 Å². The van der Waals surface area contributed by atoms with Gasteiger partial charge in [-0.05, 0) is 30.5 Å². The maximum Gasteiger partial charge on any atom is 0.322 e. The van der Waals surface area contributed by atoms with E-state index in [4.69, 9.17) is 5.73 Å². The molecule has 0 aliphatic carbocycles. The van der Waals surface area contributed by atoms with Crippen LogP contribution < -0.4 is 5.73 Å². The van der Waals surface area contributed by atoms with Crippen molar-refractivity contribution >= 4 is 5.97 Å². The number of nitrogens with zero attached hydrogens (tertiary/aromatic N) is 1. The summed E-state index contributed by atoms with van der Waals surface area (Å²) in [6, 6.07) is 11.4. The Hall–Kier alpha value is -2.20. The number of carbonyl (C=O) groups is 1. The quantitative estimate of drug-likeness (QED) is 0.864. The van der Waals surface area contributed by atoms with Gasteiger partial charge in [-0.25, -0.2) is 0 Å². The number of methoxy groups -OCH3 is 1. The highest BCUT2D eigenvalue weighted by Gasteiger charge is 2.13. The van der Waals surface area contributed by atoms with Crippen LogP contribution in [0.25, 0.3) is 11.1 Å². The summed E-state index contributed by atoms with van der Waals surface area (Å²) in [6.07, 6.45) is 2.32. The van der Waals surface area contributed by atoms with Gasteiger partial charge in [0, 0.05) is 17.5 Å². The maximum atomic E-state index is 11.3. The van der Waals surface area contributed by atoms with E-state index in [9.17, 15) is 4.79 Å². The smallest absolute Gasteiger partial charge is 0.322 e. The number of hydrogen-bond donors (Lipinski definition) is 1. The monoisotopic (exact) mass is 270 g/mol. The van der Waals surface area contributed by atoms with E-state index < -0.39 is 12.0 Å². The molecule has 1 unspecified atom stereocenters. The highest BCUT2D eigenvalue weighted by Crippen LogP contribution is 2.19. The van der Waals surface area contributed by atoms with E-state index in [-0.39, 0.29) is 0 Å². The number of carbonyl (C=O) groups excluding carboxylic acids is 1. The molecule has 1 aromatic carbocycles. The Morgan fingerprint density at radius 3 is 2.40 bits per heavy atom. The van der Waals surface area contributed by atoms with Crippen LogP contribution in [0.5, 0.6) is 0 Å². The maximum absolute atomic E-state index is 11.3. The van der Waals surface area contributed by atoms with Crippen molar-refractivity contribution in [1.82, 2.24) is 4.98 Å². The molecule has 0 spiro atoms. The Balaban J connectivity index is 2.10. The number of esters is 1. The predicted octanol–water partition coefficient (Wildman–Crippen LogP) is 2.10. The number of aromatic nitrogens is 1. The van der Waals surface area contributed by atoms with Gasteiger partial charge >= 0.3 is 5.97 Å². The number of aryl methyl sites for hydroxylation is 1. The molecule has 4 heteroatoms. The molecule has 0 amide bonds.